The molecule has 1 unspecified atom stereocenters. The standard InChI is InChI=1S/C13H23NO3S2/c1-3-17-13(16)10(2)14-12(15)7-5-4-6-11-8-9-18-19-11/h10-11H,3-9H2,1-2H3,(H,14,15)/t10-,11?/m0/s1. The lowest BCUT2D eigenvalue weighted by Crippen LogP contribution is -2.39. The van der Waals surface area contributed by atoms with Crippen molar-refractivity contribution in [3.05, 3.63) is 0 Å². The maximum atomic E-state index is 11.6. The van der Waals surface area contributed by atoms with Crippen LogP contribution < -0.4 is 5.32 Å². The van der Waals surface area contributed by atoms with Crippen LogP contribution in [0.2, 0.25) is 0 Å². The summed E-state index contributed by atoms with van der Waals surface area (Å²) in [7, 11) is 3.92. The second-order valence-corrected chi connectivity index (χ2v) is 7.40. The van der Waals surface area contributed by atoms with Crippen molar-refractivity contribution in [2.45, 2.75) is 57.2 Å². The first-order valence-electron chi connectivity index (χ1n) is 6.87. The van der Waals surface area contributed by atoms with Crippen molar-refractivity contribution in [3.63, 3.8) is 0 Å². The number of amides is 1. The Bertz CT molecular complexity index is 294. The zero-order chi connectivity index (χ0) is 14.1. The lowest BCUT2D eigenvalue weighted by atomic mass is 10.1. The van der Waals surface area contributed by atoms with Crippen molar-refractivity contribution in [1.82, 2.24) is 5.32 Å². The van der Waals surface area contributed by atoms with Crippen molar-refractivity contribution < 1.29 is 14.3 Å². The molecule has 1 aliphatic rings. The van der Waals surface area contributed by atoms with Gasteiger partial charge in [-0.15, -0.1) is 0 Å². The topological polar surface area (TPSA) is 55.4 Å². The molecule has 1 heterocycles. The van der Waals surface area contributed by atoms with Gasteiger partial charge < -0.3 is 10.1 Å². The number of esters is 1. The number of carbonyl (C=O) groups excluding carboxylic acids is 2. The maximum absolute atomic E-state index is 11.6. The molecule has 1 fully saturated rings. The van der Waals surface area contributed by atoms with Crippen molar-refractivity contribution in [2.24, 2.45) is 0 Å². The number of unbranched alkanes of at least 4 members (excludes halogenated alkanes) is 1. The van der Waals surface area contributed by atoms with Crippen LogP contribution in [0.15, 0.2) is 0 Å². The van der Waals surface area contributed by atoms with Crippen molar-refractivity contribution in [1.29, 1.82) is 0 Å². The third-order valence-corrected chi connectivity index (χ3v) is 5.93. The fourth-order valence-corrected chi connectivity index (χ4v) is 4.89. The Morgan fingerprint density at radius 1 is 1.42 bits per heavy atom. The second kappa shape index (κ2) is 9.53. The summed E-state index contributed by atoms with van der Waals surface area (Å²) in [6.07, 6.45) is 4.95. The van der Waals surface area contributed by atoms with Crippen LogP contribution in [-0.2, 0) is 14.3 Å². The van der Waals surface area contributed by atoms with E-state index in [4.69, 9.17) is 4.74 Å². The molecule has 1 aliphatic heterocycles. The molecule has 0 radical (unpaired) electrons. The Balaban J connectivity index is 2.05. The van der Waals surface area contributed by atoms with Crippen LogP contribution in [0.3, 0.4) is 0 Å². The summed E-state index contributed by atoms with van der Waals surface area (Å²) in [4.78, 5) is 23.0. The summed E-state index contributed by atoms with van der Waals surface area (Å²) in [6, 6.07) is -0.547. The van der Waals surface area contributed by atoms with Gasteiger partial charge in [0.1, 0.15) is 6.04 Å². The number of hydrogen-bond acceptors (Lipinski definition) is 5. The molecule has 6 heteroatoms. The van der Waals surface area contributed by atoms with Crippen molar-refractivity contribution >= 4 is 33.5 Å². The number of hydrogen-bond donors (Lipinski definition) is 1. The molecular formula is C13H23NO3S2. The van der Waals surface area contributed by atoms with Crippen LogP contribution in [0.25, 0.3) is 0 Å². The fraction of sp³-hybridized carbons (Fsp3) is 0.846. The molecule has 0 bridgehead atoms. The monoisotopic (exact) mass is 305 g/mol. The van der Waals surface area contributed by atoms with E-state index in [1.807, 2.05) is 21.6 Å². The molecule has 1 amide bonds. The highest BCUT2D eigenvalue weighted by molar-refractivity contribution is 8.77. The highest BCUT2D eigenvalue weighted by atomic mass is 33.1. The zero-order valence-electron chi connectivity index (χ0n) is 11.6. The highest BCUT2D eigenvalue weighted by Gasteiger charge is 2.17. The molecule has 1 N–H and O–H groups in total. The van der Waals surface area contributed by atoms with Crippen LogP contribution >= 0.6 is 21.6 Å². The van der Waals surface area contributed by atoms with Crippen molar-refractivity contribution in [3.8, 4) is 0 Å². The Morgan fingerprint density at radius 3 is 2.84 bits per heavy atom. The molecule has 0 spiro atoms. The summed E-state index contributed by atoms with van der Waals surface area (Å²) in [5, 5.41) is 3.44. The summed E-state index contributed by atoms with van der Waals surface area (Å²) in [6.45, 7) is 3.75. The molecule has 19 heavy (non-hydrogen) atoms. The fourth-order valence-electron chi connectivity index (χ4n) is 1.86. The smallest absolute Gasteiger partial charge is 0.328 e. The minimum Gasteiger partial charge on any atom is -0.464 e. The maximum Gasteiger partial charge on any atom is 0.328 e. The third kappa shape index (κ3) is 7.11. The first-order chi connectivity index (χ1) is 9.13. The zero-order valence-corrected chi connectivity index (χ0v) is 13.3. The third-order valence-electron chi connectivity index (χ3n) is 2.92. The van der Waals surface area contributed by atoms with Gasteiger partial charge in [-0.3, -0.25) is 4.79 Å². The Morgan fingerprint density at radius 2 is 2.21 bits per heavy atom. The van der Waals surface area contributed by atoms with E-state index in [0.29, 0.717) is 13.0 Å². The Kier molecular flexibility index (Phi) is 8.37. The lowest BCUT2D eigenvalue weighted by molar-refractivity contribution is -0.146. The number of nitrogens with one attached hydrogen (secondary N) is 1. The molecular weight excluding hydrogens is 282 g/mol. The SMILES string of the molecule is CCOC(=O)[C@H](C)NC(=O)CCCCC1CCSS1. The van der Waals surface area contributed by atoms with Gasteiger partial charge in [0.05, 0.1) is 6.61 Å². The van der Waals surface area contributed by atoms with Gasteiger partial charge in [-0.25, -0.2) is 4.79 Å². The Hall–Kier alpha value is -0.360. The molecule has 0 saturated carbocycles. The van der Waals surface area contributed by atoms with Gasteiger partial charge in [0.25, 0.3) is 0 Å². The van der Waals surface area contributed by atoms with Gasteiger partial charge in [0.2, 0.25) is 5.91 Å². The first kappa shape index (κ1) is 16.7. The van der Waals surface area contributed by atoms with Crippen molar-refractivity contribution in [2.75, 3.05) is 12.4 Å². The van der Waals surface area contributed by atoms with E-state index < -0.39 is 6.04 Å². The molecule has 1 rings (SSSR count). The van der Waals surface area contributed by atoms with E-state index in [0.717, 1.165) is 18.1 Å². The Labute approximate surface area is 123 Å². The van der Waals surface area contributed by atoms with Gasteiger partial charge in [0.15, 0.2) is 0 Å². The largest absolute Gasteiger partial charge is 0.464 e. The summed E-state index contributed by atoms with van der Waals surface area (Å²) < 4.78 is 4.84. The quantitative estimate of drug-likeness (QED) is 0.424. The van der Waals surface area contributed by atoms with E-state index >= 15 is 0 Å². The predicted octanol–water partition coefficient (Wildman–Crippen LogP) is 2.77. The van der Waals surface area contributed by atoms with Gasteiger partial charge in [-0.1, -0.05) is 28.0 Å². The molecule has 4 nitrogen and oxygen atoms in total. The highest BCUT2D eigenvalue weighted by Crippen LogP contribution is 2.39. The molecule has 0 aromatic carbocycles. The lowest BCUT2D eigenvalue weighted by Gasteiger charge is -2.12. The van der Waals surface area contributed by atoms with Gasteiger partial charge in [-0.2, -0.15) is 0 Å². The van der Waals surface area contributed by atoms with E-state index in [1.165, 1.54) is 18.6 Å². The van der Waals surface area contributed by atoms with Crippen LogP contribution in [0.1, 0.15) is 46.0 Å². The summed E-state index contributed by atoms with van der Waals surface area (Å²) in [5.41, 5.74) is 0. The normalized spacial score (nSPS) is 20.0. The van der Waals surface area contributed by atoms with Crippen LogP contribution in [0, 0.1) is 0 Å². The molecule has 0 aromatic heterocycles. The first-order valence-corrected chi connectivity index (χ1v) is 9.26. The molecule has 2 atom stereocenters. The summed E-state index contributed by atoms with van der Waals surface area (Å²) in [5.74, 6) is 0.830. The van der Waals surface area contributed by atoms with E-state index in [9.17, 15) is 9.59 Å². The minimum atomic E-state index is -0.547. The average Bonchev–Trinajstić information content (AvgIpc) is 2.88. The van der Waals surface area contributed by atoms with Crippen LogP contribution in [0.4, 0.5) is 0 Å². The van der Waals surface area contributed by atoms with E-state index in [1.54, 1.807) is 13.8 Å². The molecule has 1 saturated heterocycles. The summed E-state index contributed by atoms with van der Waals surface area (Å²) >= 11 is 0. The van der Waals surface area contributed by atoms with Crippen LogP contribution in [-0.4, -0.2) is 35.5 Å². The molecule has 110 valence electrons. The number of ether oxygens (including phenoxy) is 1. The molecule has 0 aliphatic carbocycles. The van der Waals surface area contributed by atoms with E-state index in [2.05, 4.69) is 5.32 Å². The van der Waals surface area contributed by atoms with Crippen LogP contribution in [0.5, 0.6) is 0 Å². The van der Waals surface area contributed by atoms with Gasteiger partial charge >= 0.3 is 5.97 Å². The number of carbonyl (C=O) groups is 2. The van der Waals surface area contributed by atoms with Gasteiger partial charge in [-0.05, 0) is 33.1 Å². The van der Waals surface area contributed by atoms with E-state index in [-0.39, 0.29) is 11.9 Å². The average molecular weight is 305 g/mol. The molecule has 0 aromatic rings. The number of rotatable bonds is 8. The van der Waals surface area contributed by atoms with Gasteiger partial charge in [0, 0.05) is 17.4 Å². The second-order valence-electron chi connectivity index (χ2n) is 4.62. The minimum absolute atomic E-state index is 0.0611. The predicted molar refractivity (Wildman–Crippen MR) is 81.2 cm³/mol.